The van der Waals surface area contributed by atoms with Gasteiger partial charge < -0.3 is 19.6 Å². The van der Waals surface area contributed by atoms with Crippen LogP contribution in [0.3, 0.4) is 0 Å². The van der Waals surface area contributed by atoms with Gasteiger partial charge >= 0.3 is 11.9 Å². The molecule has 0 amide bonds. The van der Waals surface area contributed by atoms with Crippen molar-refractivity contribution in [3.8, 4) is 6.07 Å². The Morgan fingerprint density at radius 2 is 2.07 bits per heavy atom. The highest BCUT2D eigenvalue weighted by Gasteiger charge is 2.24. The summed E-state index contributed by atoms with van der Waals surface area (Å²) in [7, 11) is 0. The second-order valence-electron chi connectivity index (χ2n) is 5.35. The summed E-state index contributed by atoms with van der Waals surface area (Å²) in [5, 5.41) is 10.6. The van der Waals surface area contributed by atoms with Crippen molar-refractivity contribution in [1.29, 1.82) is 5.26 Å². The normalized spacial score (nSPS) is 10.6. The molecule has 0 saturated carbocycles. The molecule has 7 nitrogen and oxygen atoms in total. The number of hydrogen-bond acceptors (Lipinski definition) is 8. The molecule has 0 aliphatic rings. The van der Waals surface area contributed by atoms with Gasteiger partial charge in [-0.1, -0.05) is 11.6 Å². The zero-order valence-corrected chi connectivity index (χ0v) is 15.6. The Morgan fingerprint density at radius 3 is 2.78 bits per heavy atom. The zero-order valence-electron chi connectivity index (χ0n) is 14.1. The number of furan rings is 1. The Labute approximate surface area is 162 Å². The van der Waals surface area contributed by atoms with Gasteiger partial charge in [-0.25, -0.2) is 9.59 Å². The molecule has 2 N–H and O–H groups in total. The number of anilines is 1. The minimum absolute atomic E-state index is 0.0216. The average molecular weight is 405 g/mol. The lowest BCUT2D eigenvalue weighted by molar-refractivity contribution is 0.0424. The van der Waals surface area contributed by atoms with E-state index in [1.54, 1.807) is 25.1 Å². The maximum atomic E-state index is 12.3. The van der Waals surface area contributed by atoms with Gasteiger partial charge in [-0.3, -0.25) is 0 Å². The van der Waals surface area contributed by atoms with Gasteiger partial charge in [0.25, 0.3) is 0 Å². The van der Waals surface area contributed by atoms with E-state index in [1.165, 1.54) is 6.07 Å². The lowest BCUT2D eigenvalue weighted by Gasteiger charge is -2.05. The Morgan fingerprint density at radius 1 is 1.30 bits per heavy atom. The number of nitrogens with zero attached hydrogens (tertiary/aromatic N) is 1. The first-order valence-electron chi connectivity index (χ1n) is 7.79. The van der Waals surface area contributed by atoms with Crippen molar-refractivity contribution in [2.45, 2.75) is 13.5 Å². The molecule has 0 radical (unpaired) electrons. The number of carbonyl (C=O) groups excluding carboxylic acids is 2. The van der Waals surface area contributed by atoms with E-state index in [1.807, 2.05) is 6.07 Å². The summed E-state index contributed by atoms with van der Waals surface area (Å²) >= 11 is 6.83. The van der Waals surface area contributed by atoms with Crippen LogP contribution in [0.15, 0.2) is 28.7 Å². The van der Waals surface area contributed by atoms with Crippen LogP contribution in [-0.2, 0) is 16.1 Å². The fraction of sp³-hybridized carbons (Fsp3) is 0.167. The minimum Gasteiger partial charge on any atom is -0.462 e. The number of halogens is 1. The predicted octanol–water partition coefficient (Wildman–Crippen LogP) is 4.14. The number of thiophene rings is 1. The molecule has 9 heteroatoms. The van der Waals surface area contributed by atoms with E-state index < -0.39 is 11.9 Å². The van der Waals surface area contributed by atoms with Crippen LogP contribution in [0.1, 0.15) is 38.3 Å². The summed E-state index contributed by atoms with van der Waals surface area (Å²) in [6.45, 7) is 1.51. The third-order valence-corrected chi connectivity index (χ3v) is 4.91. The molecule has 0 atom stereocenters. The molecule has 0 aliphatic heterocycles. The number of ether oxygens (including phenoxy) is 2. The van der Waals surface area contributed by atoms with Crippen molar-refractivity contribution in [2.24, 2.45) is 0 Å². The van der Waals surface area contributed by atoms with Crippen LogP contribution in [0.4, 0.5) is 5.00 Å². The molecule has 1 aromatic carbocycles. The van der Waals surface area contributed by atoms with Gasteiger partial charge in [-0.2, -0.15) is 5.26 Å². The van der Waals surface area contributed by atoms with E-state index in [0.717, 1.165) is 11.3 Å². The number of nitrogen functional groups attached to an aromatic ring is 1. The van der Waals surface area contributed by atoms with Crippen LogP contribution < -0.4 is 5.73 Å². The molecule has 27 heavy (non-hydrogen) atoms. The number of nitrogens with two attached hydrogens (primary N) is 1. The molecule has 0 aliphatic carbocycles. The Kier molecular flexibility index (Phi) is 5.35. The largest absolute Gasteiger partial charge is 0.462 e. The standard InChI is InChI=1S/C18H13ClN2O5S/c1-2-24-18(23)15-12(11(7-20)16(21)27-15)8-25-17(22)14-6-9-5-10(19)3-4-13(9)26-14/h3-6H,2,8,21H2,1H3. The topological polar surface area (TPSA) is 116 Å². The molecule has 2 heterocycles. The van der Waals surface area contributed by atoms with Gasteiger partial charge in [0.15, 0.2) is 0 Å². The van der Waals surface area contributed by atoms with Crippen LogP contribution in [0, 0.1) is 11.3 Å². The van der Waals surface area contributed by atoms with Crippen molar-refractivity contribution in [3.05, 3.63) is 51.1 Å². The number of nitriles is 1. The van der Waals surface area contributed by atoms with Crippen molar-refractivity contribution >= 4 is 50.8 Å². The second-order valence-corrected chi connectivity index (χ2v) is 6.84. The van der Waals surface area contributed by atoms with Gasteiger partial charge in [0.2, 0.25) is 5.76 Å². The first kappa shape index (κ1) is 18.8. The van der Waals surface area contributed by atoms with E-state index in [0.29, 0.717) is 16.0 Å². The zero-order chi connectivity index (χ0) is 19.6. The Bertz CT molecular complexity index is 1080. The molecule has 3 aromatic rings. The van der Waals surface area contributed by atoms with Gasteiger partial charge in [0.05, 0.1) is 12.2 Å². The Balaban J connectivity index is 1.83. The minimum atomic E-state index is -0.745. The molecule has 0 unspecified atom stereocenters. The molecule has 3 rings (SSSR count). The van der Waals surface area contributed by atoms with E-state index in [-0.39, 0.29) is 40.0 Å². The highest BCUT2D eigenvalue weighted by Crippen LogP contribution is 2.32. The van der Waals surface area contributed by atoms with Crippen molar-refractivity contribution in [3.63, 3.8) is 0 Å². The SMILES string of the molecule is CCOC(=O)c1sc(N)c(C#N)c1COC(=O)c1cc2cc(Cl)ccc2o1. The molecule has 138 valence electrons. The third-order valence-electron chi connectivity index (χ3n) is 3.63. The fourth-order valence-corrected chi connectivity index (χ4v) is 3.53. The van der Waals surface area contributed by atoms with E-state index in [4.69, 9.17) is 31.2 Å². The number of rotatable bonds is 5. The molecule has 0 fully saturated rings. The van der Waals surface area contributed by atoms with Crippen LogP contribution in [0.5, 0.6) is 0 Å². The van der Waals surface area contributed by atoms with Gasteiger partial charge in [-0.05, 0) is 31.2 Å². The summed E-state index contributed by atoms with van der Waals surface area (Å²) in [5.41, 5.74) is 6.57. The average Bonchev–Trinajstić information content (AvgIpc) is 3.20. The summed E-state index contributed by atoms with van der Waals surface area (Å²) in [6.07, 6.45) is 0. The Hall–Kier alpha value is -3.02. The summed E-state index contributed by atoms with van der Waals surface area (Å²) in [6, 6.07) is 8.36. The molecular weight excluding hydrogens is 392 g/mol. The molecule has 0 spiro atoms. The number of fused-ring (bicyclic) bond motifs is 1. The lowest BCUT2D eigenvalue weighted by atomic mass is 10.1. The van der Waals surface area contributed by atoms with Crippen LogP contribution in [0.25, 0.3) is 11.0 Å². The third kappa shape index (κ3) is 3.74. The summed E-state index contributed by atoms with van der Waals surface area (Å²) in [4.78, 5) is 24.5. The highest BCUT2D eigenvalue weighted by atomic mass is 35.5. The predicted molar refractivity (Wildman–Crippen MR) is 99.7 cm³/mol. The smallest absolute Gasteiger partial charge is 0.374 e. The van der Waals surface area contributed by atoms with Crippen molar-refractivity contribution in [1.82, 2.24) is 0 Å². The van der Waals surface area contributed by atoms with E-state index in [2.05, 4.69) is 0 Å². The van der Waals surface area contributed by atoms with Crippen LogP contribution in [0.2, 0.25) is 5.02 Å². The van der Waals surface area contributed by atoms with Crippen molar-refractivity contribution < 1.29 is 23.5 Å². The lowest BCUT2D eigenvalue weighted by Crippen LogP contribution is -2.09. The number of benzene rings is 1. The molecule has 0 bridgehead atoms. The molecule has 2 aromatic heterocycles. The van der Waals surface area contributed by atoms with Crippen LogP contribution in [-0.4, -0.2) is 18.5 Å². The first-order valence-corrected chi connectivity index (χ1v) is 8.98. The second kappa shape index (κ2) is 7.70. The van der Waals surface area contributed by atoms with Crippen molar-refractivity contribution in [2.75, 3.05) is 12.3 Å². The number of esters is 2. The fourth-order valence-electron chi connectivity index (χ4n) is 2.43. The monoisotopic (exact) mass is 404 g/mol. The quantitative estimate of drug-likeness (QED) is 0.635. The van der Waals surface area contributed by atoms with Gasteiger partial charge in [0, 0.05) is 16.0 Å². The summed E-state index contributed by atoms with van der Waals surface area (Å²) < 4.78 is 15.6. The van der Waals surface area contributed by atoms with E-state index in [9.17, 15) is 14.9 Å². The summed E-state index contributed by atoms with van der Waals surface area (Å²) in [5.74, 6) is -1.39. The van der Waals surface area contributed by atoms with Crippen LogP contribution >= 0.6 is 22.9 Å². The number of carbonyl (C=O) groups is 2. The maximum absolute atomic E-state index is 12.3. The highest BCUT2D eigenvalue weighted by molar-refractivity contribution is 7.18. The maximum Gasteiger partial charge on any atom is 0.374 e. The first-order chi connectivity index (χ1) is 12.9. The van der Waals surface area contributed by atoms with E-state index >= 15 is 0 Å². The van der Waals surface area contributed by atoms with Gasteiger partial charge in [0.1, 0.15) is 28.1 Å². The molecule has 0 saturated heterocycles. The van der Waals surface area contributed by atoms with Gasteiger partial charge in [-0.15, -0.1) is 11.3 Å². The molecular formula is C18H13ClN2O5S. The number of hydrogen-bond donors (Lipinski definition) is 1.